The van der Waals surface area contributed by atoms with Gasteiger partial charge in [0.1, 0.15) is 16.5 Å². The van der Waals surface area contributed by atoms with Crippen molar-refractivity contribution in [2.75, 3.05) is 0 Å². The van der Waals surface area contributed by atoms with Gasteiger partial charge >= 0.3 is 5.97 Å². The Labute approximate surface area is 93.9 Å². The van der Waals surface area contributed by atoms with Crippen LogP contribution in [-0.2, 0) is 4.79 Å². The summed E-state index contributed by atoms with van der Waals surface area (Å²) >= 11 is 12.4. The first-order valence-corrected chi connectivity index (χ1v) is 5.12. The van der Waals surface area contributed by atoms with Gasteiger partial charge < -0.3 is 15.9 Å². The minimum atomic E-state index is -1.40. The van der Waals surface area contributed by atoms with Crippen molar-refractivity contribution in [2.24, 2.45) is 5.73 Å². The number of thiophene rings is 1. The molecular formula is C7H7Cl2NO3S. The Morgan fingerprint density at radius 3 is 2.50 bits per heavy atom. The van der Waals surface area contributed by atoms with Gasteiger partial charge in [-0.05, 0) is 6.07 Å². The summed E-state index contributed by atoms with van der Waals surface area (Å²) in [6.45, 7) is 0. The summed E-state index contributed by atoms with van der Waals surface area (Å²) in [6, 6.07) is 0.000309. The SMILES string of the molecule is NC(C(=O)O)C(O)c1cc(Cl)sc1Cl. The van der Waals surface area contributed by atoms with Crippen molar-refractivity contribution in [3.63, 3.8) is 0 Å². The van der Waals surface area contributed by atoms with E-state index in [1.807, 2.05) is 0 Å². The predicted molar refractivity (Wildman–Crippen MR) is 54.9 cm³/mol. The molecule has 0 aliphatic rings. The van der Waals surface area contributed by atoms with Crippen LogP contribution in [0.5, 0.6) is 0 Å². The van der Waals surface area contributed by atoms with Crippen molar-refractivity contribution in [3.05, 3.63) is 20.3 Å². The maximum absolute atomic E-state index is 10.5. The molecule has 1 heterocycles. The van der Waals surface area contributed by atoms with Gasteiger partial charge in [0.05, 0.1) is 4.34 Å². The van der Waals surface area contributed by atoms with Crippen molar-refractivity contribution < 1.29 is 15.0 Å². The Morgan fingerprint density at radius 2 is 2.14 bits per heavy atom. The van der Waals surface area contributed by atoms with Crippen LogP contribution in [0.2, 0.25) is 8.67 Å². The van der Waals surface area contributed by atoms with E-state index in [1.165, 1.54) is 6.07 Å². The van der Waals surface area contributed by atoms with Crippen molar-refractivity contribution in [1.82, 2.24) is 0 Å². The van der Waals surface area contributed by atoms with Gasteiger partial charge in [-0.3, -0.25) is 4.79 Å². The molecule has 0 bridgehead atoms. The Kier molecular flexibility index (Phi) is 3.74. The average molecular weight is 256 g/mol. The Morgan fingerprint density at radius 1 is 1.57 bits per heavy atom. The van der Waals surface area contributed by atoms with Gasteiger partial charge in [0.25, 0.3) is 0 Å². The number of nitrogens with two attached hydrogens (primary N) is 1. The molecule has 0 amide bonds. The number of hydrogen-bond acceptors (Lipinski definition) is 4. The van der Waals surface area contributed by atoms with Crippen LogP contribution < -0.4 is 5.73 Å². The number of hydrogen-bond donors (Lipinski definition) is 3. The molecule has 78 valence electrons. The van der Waals surface area contributed by atoms with Crippen molar-refractivity contribution >= 4 is 40.5 Å². The van der Waals surface area contributed by atoms with Gasteiger partial charge in [0.2, 0.25) is 0 Å². The second kappa shape index (κ2) is 4.46. The summed E-state index contributed by atoms with van der Waals surface area (Å²) < 4.78 is 0.626. The molecule has 0 fully saturated rings. The fraction of sp³-hybridized carbons (Fsp3) is 0.286. The number of aliphatic carboxylic acids is 1. The number of rotatable bonds is 3. The van der Waals surface area contributed by atoms with E-state index in [0.29, 0.717) is 4.34 Å². The van der Waals surface area contributed by atoms with E-state index in [4.69, 9.17) is 34.0 Å². The average Bonchev–Trinajstić information content (AvgIpc) is 2.42. The molecule has 0 aliphatic carbocycles. The molecule has 4 nitrogen and oxygen atoms in total. The summed E-state index contributed by atoms with van der Waals surface area (Å²) in [5.41, 5.74) is 5.47. The molecule has 1 aromatic heterocycles. The van der Waals surface area contributed by atoms with Crippen LogP contribution in [-0.4, -0.2) is 22.2 Å². The summed E-state index contributed by atoms with van der Waals surface area (Å²) in [7, 11) is 0. The molecule has 0 saturated heterocycles. The first-order chi connectivity index (χ1) is 6.43. The minimum Gasteiger partial charge on any atom is -0.480 e. The highest BCUT2D eigenvalue weighted by Crippen LogP contribution is 2.35. The lowest BCUT2D eigenvalue weighted by Gasteiger charge is -2.13. The summed E-state index contributed by atoms with van der Waals surface area (Å²) in [6.07, 6.45) is -1.34. The van der Waals surface area contributed by atoms with Gasteiger partial charge in [-0.2, -0.15) is 0 Å². The molecule has 0 saturated carbocycles. The van der Waals surface area contributed by atoms with Crippen LogP contribution in [0.4, 0.5) is 0 Å². The van der Waals surface area contributed by atoms with Crippen LogP contribution >= 0.6 is 34.5 Å². The standard InChI is InChI=1S/C7H7Cl2NO3S/c8-3-1-2(6(9)14-3)5(11)4(10)7(12)13/h1,4-5,11H,10H2,(H,12,13). The maximum Gasteiger partial charge on any atom is 0.323 e. The van der Waals surface area contributed by atoms with E-state index in [2.05, 4.69) is 0 Å². The molecule has 0 aromatic carbocycles. The zero-order valence-corrected chi connectivity index (χ0v) is 9.10. The van der Waals surface area contributed by atoms with Gasteiger partial charge in [0.15, 0.2) is 0 Å². The van der Waals surface area contributed by atoms with E-state index in [1.54, 1.807) is 0 Å². The molecule has 0 spiro atoms. The fourth-order valence-corrected chi connectivity index (χ4v) is 2.42. The van der Waals surface area contributed by atoms with E-state index >= 15 is 0 Å². The largest absolute Gasteiger partial charge is 0.480 e. The normalized spacial score (nSPS) is 15.1. The lowest BCUT2D eigenvalue weighted by molar-refractivity contribution is -0.141. The molecule has 2 unspecified atom stereocenters. The maximum atomic E-state index is 10.5. The highest BCUT2D eigenvalue weighted by atomic mass is 35.5. The quantitative estimate of drug-likeness (QED) is 0.765. The second-order valence-corrected chi connectivity index (χ2v) is 4.87. The van der Waals surface area contributed by atoms with Crippen LogP contribution in [0, 0.1) is 0 Å². The Hall–Kier alpha value is -0.330. The highest BCUT2D eigenvalue weighted by molar-refractivity contribution is 7.20. The molecule has 0 aliphatic heterocycles. The van der Waals surface area contributed by atoms with E-state index < -0.39 is 18.1 Å². The molecule has 7 heteroatoms. The van der Waals surface area contributed by atoms with Crippen LogP contribution in [0.1, 0.15) is 11.7 Å². The van der Waals surface area contributed by atoms with Gasteiger partial charge in [0, 0.05) is 5.56 Å². The molecule has 2 atom stereocenters. The Bertz CT molecular complexity index is 355. The smallest absolute Gasteiger partial charge is 0.323 e. The lowest BCUT2D eigenvalue weighted by atomic mass is 10.1. The molecular weight excluding hydrogens is 249 g/mol. The van der Waals surface area contributed by atoms with Crippen molar-refractivity contribution in [1.29, 1.82) is 0 Å². The number of halogens is 2. The summed E-state index contributed by atoms with van der Waals surface area (Å²) in [5, 5.41) is 18.1. The highest BCUT2D eigenvalue weighted by Gasteiger charge is 2.26. The Balaban J connectivity index is 2.94. The third-order valence-electron chi connectivity index (χ3n) is 1.63. The van der Waals surface area contributed by atoms with E-state index in [-0.39, 0.29) is 9.90 Å². The fourth-order valence-electron chi connectivity index (χ4n) is 0.883. The van der Waals surface area contributed by atoms with E-state index in [0.717, 1.165) is 11.3 Å². The first-order valence-electron chi connectivity index (χ1n) is 3.54. The predicted octanol–water partition coefficient (Wildman–Crippen LogP) is 1.50. The topological polar surface area (TPSA) is 83.6 Å². The molecule has 1 aromatic rings. The number of aliphatic hydroxyl groups excluding tert-OH is 1. The molecule has 0 radical (unpaired) electrons. The summed E-state index contributed by atoms with van der Waals surface area (Å²) in [4.78, 5) is 10.5. The van der Waals surface area contributed by atoms with Gasteiger partial charge in [-0.1, -0.05) is 23.2 Å². The van der Waals surface area contributed by atoms with Crippen molar-refractivity contribution in [2.45, 2.75) is 12.1 Å². The van der Waals surface area contributed by atoms with Crippen LogP contribution in [0.3, 0.4) is 0 Å². The number of carboxylic acid groups (broad SMARTS) is 1. The number of aliphatic hydroxyl groups is 1. The van der Waals surface area contributed by atoms with Crippen LogP contribution in [0.15, 0.2) is 6.07 Å². The van der Waals surface area contributed by atoms with E-state index in [9.17, 15) is 9.90 Å². The minimum absolute atomic E-state index is 0.247. The zero-order chi connectivity index (χ0) is 10.9. The molecule has 4 N–H and O–H groups in total. The van der Waals surface area contributed by atoms with Crippen molar-refractivity contribution in [3.8, 4) is 0 Å². The number of carboxylic acids is 1. The second-order valence-electron chi connectivity index (χ2n) is 2.59. The lowest BCUT2D eigenvalue weighted by Crippen LogP contribution is -2.36. The first kappa shape index (κ1) is 11.7. The third-order valence-corrected chi connectivity index (χ3v) is 3.15. The molecule has 1 rings (SSSR count). The van der Waals surface area contributed by atoms with Gasteiger partial charge in [-0.15, -0.1) is 11.3 Å². The number of carbonyl (C=O) groups is 1. The summed E-state index contributed by atoms with van der Waals surface area (Å²) in [5.74, 6) is -1.30. The third kappa shape index (κ3) is 2.37. The van der Waals surface area contributed by atoms with Gasteiger partial charge in [-0.25, -0.2) is 0 Å². The molecule has 14 heavy (non-hydrogen) atoms. The monoisotopic (exact) mass is 255 g/mol. The zero-order valence-electron chi connectivity index (χ0n) is 6.78. The van der Waals surface area contributed by atoms with Crippen LogP contribution in [0.25, 0.3) is 0 Å².